The number of fused-ring (bicyclic) bond motifs is 1. The maximum Gasteiger partial charge on any atom is 0.337 e. The predicted molar refractivity (Wildman–Crippen MR) is 82.3 cm³/mol. The fourth-order valence-electron chi connectivity index (χ4n) is 2.50. The molecule has 0 saturated carbocycles. The lowest BCUT2D eigenvalue weighted by molar-refractivity contribution is 0.0600. The van der Waals surface area contributed by atoms with E-state index in [1.165, 1.54) is 7.11 Å². The standard InChI is InChI=1S/C16H22N2O3/c1-16(2,20)14-12(9-18(3)4)11-8-10(15(19)21-5)6-7-13(11)17-14/h6-8,17,20H,9H2,1-5H3. The number of carbonyl (C=O) groups is 1. The van der Waals surface area contributed by atoms with Crippen LogP contribution in [0.4, 0.5) is 0 Å². The van der Waals surface area contributed by atoms with Crippen LogP contribution in [0.5, 0.6) is 0 Å². The zero-order chi connectivity index (χ0) is 15.8. The lowest BCUT2D eigenvalue weighted by Gasteiger charge is -2.20. The largest absolute Gasteiger partial charge is 0.465 e. The van der Waals surface area contributed by atoms with Gasteiger partial charge in [-0.2, -0.15) is 0 Å². The maximum atomic E-state index is 11.7. The molecule has 1 aromatic heterocycles. The number of aromatic nitrogens is 1. The molecule has 1 heterocycles. The Morgan fingerprint density at radius 1 is 1.38 bits per heavy atom. The number of benzene rings is 1. The van der Waals surface area contributed by atoms with E-state index >= 15 is 0 Å². The van der Waals surface area contributed by atoms with E-state index in [9.17, 15) is 9.90 Å². The van der Waals surface area contributed by atoms with Crippen LogP contribution in [0.15, 0.2) is 18.2 Å². The van der Waals surface area contributed by atoms with Crippen LogP contribution in [0.1, 0.15) is 35.5 Å². The van der Waals surface area contributed by atoms with E-state index in [2.05, 4.69) is 4.98 Å². The van der Waals surface area contributed by atoms with Crippen LogP contribution in [0.3, 0.4) is 0 Å². The molecule has 0 radical (unpaired) electrons. The Morgan fingerprint density at radius 3 is 2.57 bits per heavy atom. The lowest BCUT2D eigenvalue weighted by atomic mass is 9.98. The Kier molecular flexibility index (Phi) is 4.07. The molecule has 0 saturated heterocycles. The molecule has 0 aliphatic rings. The van der Waals surface area contributed by atoms with Crippen molar-refractivity contribution in [1.82, 2.24) is 9.88 Å². The van der Waals surface area contributed by atoms with Gasteiger partial charge in [0.05, 0.1) is 24.0 Å². The third kappa shape index (κ3) is 3.09. The molecule has 5 heteroatoms. The number of nitrogens with one attached hydrogen (secondary N) is 1. The van der Waals surface area contributed by atoms with E-state index in [0.717, 1.165) is 22.2 Å². The summed E-state index contributed by atoms with van der Waals surface area (Å²) in [6.07, 6.45) is 0. The molecule has 5 nitrogen and oxygen atoms in total. The third-order valence-corrected chi connectivity index (χ3v) is 3.41. The summed E-state index contributed by atoms with van der Waals surface area (Å²) >= 11 is 0. The maximum absolute atomic E-state index is 11.7. The van der Waals surface area contributed by atoms with E-state index in [4.69, 9.17) is 4.74 Å². The van der Waals surface area contributed by atoms with Crippen LogP contribution in [0.25, 0.3) is 10.9 Å². The number of methoxy groups -OCH3 is 1. The number of ether oxygens (including phenoxy) is 1. The quantitative estimate of drug-likeness (QED) is 0.848. The molecule has 0 spiro atoms. The molecule has 21 heavy (non-hydrogen) atoms. The number of nitrogens with zero attached hydrogens (tertiary/aromatic N) is 1. The van der Waals surface area contributed by atoms with Crippen molar-refractivity contribution in [3.63, 3.8) is 0 Å². The fourth-order valence-corrected chi connectivity index (χ4v) is 2.50. The van der Waals surface area contributed by atoms with E-state index in [0.29, 0.717) is 12.1 Å². The average Bonchev–Trinajstić information content (AvgIpc) is 2.75. The molecule has 2 aromatic rings. The first-order chi connectivity index (χ1) is 9.74. The number of carbonyl (C=O) groups excluding carboxylic acids is 1. The van der Waals surface area contributed by atoms with Crippen LogP contribution in [0.2, 0.25) is 0 Å². The zero-order valence-corrected chi connectivity index (χ0v) is 13.2. The molecule has 0 aliphatic carbocycles. The Balaban J connectivity index is 2.67. The van der Waals surface area contributed by atoms with Gasteiger partial charge in [-0.05, 0) is 51.7 Å². The van der Waals surface area contributed by atoms with Crippen molar-refractivity contribution in [1.29, 1.82) is 0 Å². The summed E-state index contributed by atoms with van der Waals surface area (Å²) in [7, 11) is 5.31. The lowest BCUT2D eigenvalue weighted by Crippen LogP contribution is -2.21. The molecular weight excluding hydrogens is 268 g/mol. The minimum Gasteiger partial charge on any atom is -0.465 e. The molecule has 2 rings (SSSR count). The van der Waals surface area contributed by atoms with Crippen LogP contribution < -0.4 is 0 Å². The molecule has 0 amide bonds. The van der Waals surface area contributed by atoms with Crippen LogP contribution in [-0.2, 0) is 16.9 Å². The Bertz CT molecular complexity index is 666. The van der Waals surface area contributed by atoms with Gasteiger partial charge in [-0.25, -0.2) is 4.79 Å². The van der Waals surface area contributed by atoms with E-state index in [1.54, 1.807) is 19.9 Å². The van der Waals surface area contributed by atoms with Gasteiger partial charge in [0.15, 0.2) is 0 Å². The normalized spacial score (nSPS) is 12.1. The predicted octanol–water partition coefficient (Wildman–Crippen LogP) is 2.24. The van der Waals surface area contributed by atoms with Crippen LogP contribution in [0, 0.1) is 0 Å². The smallest absolute Gasteiger partial charge is 0.337 e. The van der Waals surface area contributed by atoms with E-state index < -0.39 is 5.60 Å². The average molecular weight is 290 g/mol. The van der Waals surface area contributed by atoms with Gasteiger partial charge >= 0.3 is 5.97 Å². The van der Waals surface area contributed by atoms with Crippen molar-refractivity contribution in [3.8, 4) is 0 Å². The highest BCUT2D eigenvalue weighted by atomic mass is 16.5. The molecule has 2 N–H and O–H groups in total. The zero-order valence-electron chi connectivity index (χ0n) is 13.2. The van der Waals surface area contributed by atoms with Gasteiger partial charge in [0, 0.05) is 17.4 Å². The number of hydrogen-bond acceptors (Lipinski definition) is 4. The SMILES string of the molecule is COC(=O)c1ccc2[nH]c(C(C)(C)O)c(CN(C)C)c2c1. The van der Waals surface area contributed by atoms with Gasteiger partial charge in [0.1, 0.15) is 0 Å². The van der Waals surface area contributed by atoms with Gasteiger partial charge in [0.25, 0.3) is 0 Å². The van der Waals surface area contributed by atoms with Crippen molar-refractivity contribution in [2.45, 2.75) is 26.0 Å². The van der Waals surface area contributed by atoms with Crippen LogP contribution in [-0.4, -0.2) is 42.2 Å². The summed E-state index contributed by atoms with van der Waals surface area (Å²) in [6, 6.07) is 5.37. The third-order valence-electron chi connectivity index (χ3n) is 3.41. The summed E-state index contributed by atoms with van der Waals surface area (Å²) in [4.78, 5) is 17.0. The molecule has 0 unspecified atom stereocenters. The van der Waals surface area contributed by atoms with Gasteiger partial charge in [0.2, 0.25) is 0 Å². The number of aliphatic hydroxyl groups is 1. The van der Waals surface area contributed by atoms with Gasteiger partial charge in [-0.1, -0.05) is 0 Å². The molecule has 0 bridgehead atoms. The summed E-state index contributed by atoms with van der Waals surface area (Å²) in [5.41, 5.74) is 2.19. The first kappa shape index (κ1) is 15.5. The first-order valence-electron chi connectivity index (χ1n) is 6.84. The number of aromatic amines is 1. The monoisotopic (exact) mass is 290 g/mol. The van der Waals surface area contributed by atoms with Crippen molar-refractivity contribution in [2.24, 2.45) is 0 Å². The second kappa shape index (κ2) is 5.50. The Hall–Kier alpha value is -1.85. The highest BCUT2D eigenvalue weighted by Gasteiger charge is 2.25. The Labute approximate surface area is 124 Å². The number of H-pyrrole nitrogens is 1. The van der Waals surface area contributed by atoms with Crippen molar-refractivity contribution in [3.05, 3.63) is 35.0 Å². The summed E-state index contributed by atoms with van der Waals surface area (Å²) in [6.45, 7) is 4.17. The van der Waals surface area contributed by atoms with Crippen molar-refractivity contribution < 1.29 is 14.6 Å². The fraction of sp³-hybridized carbons (Fsp3) is 0.438. The molecule has 0 fully saturated rings. The second-order valence-corrected chi connectivity index (χ2v) is 6.03. The van der Waals surface area contributed by atoms with Gasteiger partial charge < -0.3 is 19.7 Å². The minimum absolute atomic E-state index is 0.362. The van der Waals surface area contributed by atoms with Gasteiger partial charge in [-0.15, -0.1) is 0 Å². The van der Waals surface area contributed by atoms with Gasteiger partial charge in [-0.3, -0.25) is 0 Å². The number of esters is 1. The highest BCUT2D eigenvalue weighted by Crippen LogP contribution is 2.31. The first-order valence-corrected chi connectivity index (χ1v) is 6.84. The van der Waals surface area contributed by atoms with Crippen molar-refractivity contribution >= 4 is 16.9 Å². The topological polar surface area (TPSA) is 65.6 Å². The van der Waals surface area contributed by atoms with E-state index in [1.807, 2.05) is 31.1 Å². The molecule has 114 valence electrons. The molecular formula is C16H22N2O3. The molecule has 0 aliphatic heterocycles. The van der Waals surface area contributed by atoms with Crippen molar-refractivity contribution in [2.75, 3.05) is 21.2 Å². The number of rotatable bonds is 4. The minimum atomic E-state index is -0.976. The number of hydrogen-bond donors (Lipinski definition) is 2. The highest BCUT2D eigenvalue weighted by molar-refractivity contribution is 5.96. The molecule has 1 aromatic carbocycles. The summed E-state index contributed by atoms with van der Waals surface area (Å²) < 4.78 is 4.77. The van der Waals surface area contributed by atoms with Crippen LogP contribution >= 0.6 is 0 Å². The summed E-state index contributed by atoms with van der Waals surface area (Å²) in [5, 5.41) is 11.3. The Morgan fingerprint density at radius 2 is 2.05 bits per heavy atom. The summed E-state index contributed by atoms with van der Waals surface area (Å²) in [5.74, 6) is -0.362. The molecule has 0 atom stereocenters. The second-order valence-electron chi connectivity index (χ2n) is 6.03. The van der Waals surface area contributed by atoms with E-state index in [-0.39, 0.29) is 5.97 Å².